The lowest BCUT2D eigenvalue weighted by atomic mass is 10.1. The average molecular weight is 247 g/mol. The highest BCUT2D eigenvalue weighted by Gasteiger charge is 2.21. The minimum Gasteiger partial charge on any atom is -0.391 e. The Kier molecular flexibility index (Phi) is 4.81. The number of hydrogen-bond acceptors (Lipinski definition) is 2. The Morgan fingerprint density at radius 3 is 2.29 bits per heavy atom. The molecule has 1 aromatic carbocycles. The molecule has 0 spiro atoms. The zero-order valence-electron chi connectivity index (χ0n) is 9.91. The Balaban J connectivity index is 3.17. The number of benzene rings is 1. The second-order valence-electron chi connectivity index (χ2n) is 3.86. The van der Waals surface area contributed by atoms with Crippen LogP contribution in [0.3, 0.4) is 0 Å². The van der Waals surface area contributed by atoms with Crippen LogP contribution in [-0.4, -0.2) is 11.7 Å². The number of unbranched alkanes of at least 4 members (excludes halogenated alkanes) is 1. The van der Waals surface area contributed by atoms with Crippen LogP contribution in [-0.2, 0) is 6.61 Å². The van der Waals surface area contributed by atoms with Crippen molar-refractivity contribution in [3.8, 4) is 0 Å². The molecule has 1 rings (SSSR count). The number of nitrogens with one attached hydrogen (secondary N) is 1. The van der Waals surface area contributed by atoms with Crippen LogP contribution in [0.5, 0.6) is 0 Å². The van der Waals surface area contributed by atoms with Crippen LogP contribution < -0.4 is 5.32 Å². The molecule has 0 aliphatic heterocycles. The van der Waals surface area contributed by atoms with Gasteiger partial charge in [0.05, 0.1) is 12.3 Å². The van der Waals surface area contributed by atoms with Crippen molar-refractivity contribution in [2.24, 2.45) is 0 Å². The van der Waals surface area contributed by atoms with E-state index in [1.165, 1.54) is 6.92 Å². The fourth-order valence-corrected chi connectivity index (χ4v) is 1.55. The van der Waals surface area contributed by atoms with Crippen molar-refractivity contribution in [1.82, 2.24) is 0 Å². The minimum absolute atomic E-state index is 0.141. The van der Waals surface area contributed by atoms with Crippen molar-refractivity contribution < 1.29 is 18.3 Å². The Bertz CT molecular complexity index is 407. The van der Waals surface area contributed by atoms with Crippen LogP contribution in [0, 0.1) is 24.4 Å². The van der Waals surface area contributed by atoms with Gasteiger partial charge >= 0.3 is 0 Å². The monoisotopic (exact) mass is 247 g/mol. The van der Waals surface area contributed by atoms with Gasteiger partial charge in [-0.15, -0.1) is 0 Å². The van der Waals surface area contributed by atoms with E-state index >= 15 is 0 Å². The highest BCUT2D eigenvalue weighted by Crippen LogP contribution is 2.29. The topological polar surface area (TPSA) is 32.3 Å². The van der Waals surface area contributed by atoms with Gasteiger partial charge in [0.15, 0.2) is 17.5 Å². The first kappa shape index (κ1) is 13.8. The predicted molar refractivity (Wildman–Crippen MR) is 60.4 cm³/mol. The molecular weight excluding hydrogens is 231 g/mol. The molecule has 0 aliphatic carbocycles. The van der Waals surface area contributed by atoms with Crippen LogP contribution in [0.15, 0.2) is 0 Å². The summed E-state index contributed by atoms with van der Waals surface area (Å²) in [4.78, 5) is 0. The quantitative estimate of drug-likeness (QED) is 0.619. The predicted octanol–water partition coefficient (Wildman–Crippen LogP) is 3.12. The first-order valence-corrected chi connectivity index (χ1v) is 5.55. The number of rotatable bonds is 5. The van der Waals surface area contributed by atoms with Crippen molar-refractivity contribution in [1.29, 1.82) is 0 Å². The molecule has 2 N–H and O–H groups in total. The van der Waals surface area contributed by atoms with Crippen LogP contribution in [0.1, 0.15) is 30.9 Å². The summed E-state index contributed by atoms with van der Waals surface area (Å²) < 4.78 is 40.5. The van der Waals surface area contributed by atoms with Crippen molar-refractivity contribution in [3.63, 3.8) is 0 Å². The van der Waals surface area contributed by atoms with Gasteiger partial charge in [0.25, 0.3) is 0 Å². The summed E-state index contributed by atoms with van der Waals surface area (Å²) in [5.74, 6) is -3.28. The van der Waals surface area contributed by atoms with Gasteiger partial charge in [0, 0.05) is 17.7 Å². The van der Waals surface area contributed by atoms with Crippen molar-refractivity contribution in [3.05, 3.63) is 28.6 Å². The van der Waals surface area contributed by atoms with Crippen LogP contribution in [0.4, 0.5) is 18.9 Å². The second kappa shape index (κ2) is 5.91. The SMILES string of the molecule is CCCCNc1c(F)c(C)c(F)c(F)c1CO. The lowest BCUT2D eigenvalue weighted by Crippen LogP contribution is -2.11. The third-order valence-corrected chi connectivity index (χ3v) is 2.63. The molecule has 1 aromatic rings. The number of hydrogen-bond donors (Lipinski definition) is 2. The van der Waals surface area contributed by atoms with E-state index < -0.39 is 24.1 Å². The van der Waals surface area contributed by atoms with E-state index in [0.717, 1.165) is 12.8 Å². The van der Waals surface area contributed by atoms with Gasteiger partial charge in [-0.1, -0.05) is 13.3 Å². The molecule has 96 valence electrons. The highest BCUT2D eigenvalue weighted by molar-refractivity contribution is 5.55. The van der Waals surface area contributed by atoms with E-state index in [-0.39, 0.29) is 16.8 Å². The van der Waals surface area contributed by atoms with Gasteiger partial charge in [-0.05, 0) is 13.3 Å². The normalized spacial score (nSPS) is 10.7. The van der Waals surface area contributed by atoms with Gasteiger partial charge < -0.3 is 10.4 Å². The number of aliphatic hydroxyl groups is 1. The third-order valence-electron chi connectivity index (χ3n) is 2.63. The molecular formula is C12H16F3NO. The van der Waals surface area contributed by atoms with E-state index in [2.05, 4.69) is 5.32 Å². The lowest BCUT2D eigenvalue weighted by molar-refractivity contribution is 0.273. The Morgan fingerprint density at radius 1 is 1.12 bits per heavy atom. The summed E-state index contributed by atoms with van der Waals surface area (Å²) in [7, 11) is 0. The van der Waals surface area contributed by atoms with E-state index in [0.29, 0.717) is 6.54 Å². The summed E-state index contributed by atoms with van der Waals surface area (Å²) in [5.41, 5.74) is -0.877. The van der Waals surface area contributed by atoms with Gasteiger partial charge in [-0.2, -0.15) is 0 Å². The summed E-state index contributed by atoms with van der Waals surface area (Å²) >= 11 is 0. The first-order valence-electron chi connectivity index (χ1n) is 5.55. The zero-order valence-corrected chi connectivity index (χ0v) is 9.91. The van der Waals surface area contributed by atoms with E-state index in [4.69, 9.17) is 5.11 Å². The summed E-state index contributed by atoms with van der Waals surface area (Å²) in [6, 6.07) is 0. The maximum absolute atomic E-state index is 13.7. The van der Waals surface area contributed by atoms with E-state index in [9.17, 15) is 13.2 Å². The Morgan fingerprint density at radius 2 is 1.76 bits per heavy atom. The first-order chi connectivity index (χ1) is 8.04. The minimum atomic E-state index is -1.24. The average Bonchev–Trinajstić information content (AvgIpc) is 2.33. The molecule has 0 saturated carbocycles. The molecule has 0 fully saturated rings. The number of halogens is 3. The highest BCUT2D eigenvalue weighted by atomic mass is 19.2. The number of aliphatic hydroxyl groups excluding tert-OH is 1. The van der Waals surface area contributed by atoms with E-state index in [1.807, 2.05) is 6.92 Å². The van der Waals surface area contributed by atoms with Crippen LogP contribution >= 0.6 is 0 Å². The molecule has 0 saturated heterocycles. The van der Waals surface area contributed by atoms with Crippen molar-refractivity contribution in [2.45, 2.75) is 33.3 Å². The molecule has 0 amide bonds. The molecule has 5 heteroatoms. The Labute approximate surface area is 98.5 Å². The van der Waals surface area contributed by atoms with Crippen molar-refractivity contribution in [2.75, 3.05) is 11.9 Å². The Hall–Kier alpha value is -1.23. The maximum Gasteiger partial charge on any atom is 0.166 e. The van der Waals surface area contributed by atoms with Crippen LogP contribution in [0.25, 0.3) is 0 Å². The standard InChI is InChI=1S/C12H16F3NO/c1-3-4-5-16-12-8(6-17)11(15)9(13)7(2)10(12)14/h16-17H,3-6H2,1-2H3. The molecule has 0 bridgehead atoms. The molecule has 2 nitrogen and oxygen atoms in total. The third kappa shape index (κ3) is 2.72. The molecule has 0 atom stereocenters. The smallest absolute Gasteiger partial charge is 0.166 e. The fraction of sp³-hybridized carbons (Fsp3) is 0.500. The molecule has 17 heavy (non-hydrogen) atoms. The summed E-state index contributed by atoms with van der Waals surface area (Å²) in [6.45, 7) is 2.83. The molecule has 0 unspecified atom stereocenters. The zero-order chi connectivity index (χ0) is 13.0. The van der Waals surface area contributed by atoms with Gasteiger partial charge in [0.2, 0.25) is 0 Å². The molecule has 0 aromatic heterocycles. The van der Waals surface area contributed by atoms with Crippen molar-refractivity contribution >= 4 is 5.69 Å². The second-order valence-corrected chi connectivity index (χ2v) is 3.86. The maximum atomic E-state index is 13.7. The lowest BCUT2D eigenvalue weighted by Gasteiger charge is -2.15. The van der Waals surface area contributed by atoms with Crippen LogP contribution in [0.2, 0.25) is 0 Å². The summed E-state index contributed by atoms with van der Waals surface area (Å²) in [5, 5.41) is 11.7. The fourth-order valence-electron chi connectivity index (χ4n) is 1.55. The van der Waals surface area contributed by atoms with Gasteiger partial charge in [-0.3, -0.25) is 0 Å². The molecule has 0 radical (unpaired) electrons. The van der Waals surface area contributed by atoms with Gasteiger partial charge in [0.1, 0.15) is 0 Å². The molecule has 0 aliphatic rings. The van der Waals surface area contributed by atoms with Gasteiger partial charge in [-0.25, -0.2) is 13.2 Å². The largest absolute Gasteiger partial charge is 0.391 e. The molecule has 0 heterocycles. The van der Waals surface area contributed by atoms with E-state index in [1.54, 1.807) is 0 Å². The summed E-state index contributed by atoms with van der Waals surface area (Å²) in [6.07, 6.45) is 1.67. The number of anilines is 1.